The summed E-state index contributed by atoms with van der Waals surface area (Å²) < 4.78 is 0. The molecule has 2 aromatic rings. The van der Waals surface area contributed by atoms with Crippen LogP contribution in [0.2, 0.25) is 10.0 Å². The molecule has 0 bridgehead atoms. The number of benzene rings is 2. The van der Waals surface area contributed by atoms with Gasteiger partial charge in [0.15, 0.2) is 5.78 Å². The van der Waals surface area contributed by atoms with Gasteiger partial charge in [0.1, 0.15) is 6.04 Å². The first kappa shape index (κ1) is 17.5. The Kier molecular flexibility index (Phi) is 3.86. The third kappa shape index (κ3) is 2.36. The van der Waals surface area contributed by atoms with Gasteiger partial charge in [-0.1, -0.05) is 47.5 Å². The number of nitrogens with one attached hydrogen (secondary N) is 1. The van der Waals surface area contributed by atoms with Gasteiger partial charge in [-0.05, 0) is 35.4 Å². The van der Waals surface area contributed by atoms with Crippen molar-refractivity contribution in [3.05, 3.63) is 75.4 Å². The van der Waals surface area contributed by atoms with Crippen LogP contribution in [-0.2, 0) is 9.59 Å². The van der Waals surface area contributed by atoms with Gasteiger partial charge in [-0.15, -0.1) is 0 Å². The molecule has 28 heavy (non-hydrogen) atoms. The fraction of sp³-hybridized carbons (Fsp3) is 0.190. The number of rotatable bonds is 2. The molecule has 5 nitrogen and oxygen atoms in total. The minimum atomic E-state index is -0.815. The molecule has 7 heteroatoms. The molecule has 4 atom stereocenters. The first-order valence-electron chi connectivity index (χ1n) is 8.86. The first-order chi connectivity index (χ1) is 13.5. The van der Waals surface area contributed by atoms with E-state index in [9.17, 15) is 14.4 Å². The van der Waals surface area contributed by atoms with Crippen molar-refractivity contribution in [2.75, 3.05) is 0 Å². The maximum absolute atomic E-state index is 13.4. The predicted molar refractivity (Wildman–Crippen MR) is 105 cm³/mol. The number of Topliss-reactive ketones (excluding diaryl/α,β-unsaturated/α-hetero) is 1. The van der Waals surface area contributed by atoms with Gasteiger partial charge in [-0.2, -0.15) is 0 Å². The van der Waals surface area contributed by atoms with Crippen molar-refractivity contribution in [2.45, 2.75) is 12.1 Å². The Balaban J connectivity index is 1.65. The minimum absolute atomic E-state index is 0.226. The highest BCUT2D eigenvalue weighted by molar-refractivity contribution is 6.37. The number of halogens is 2. The van der Waals surface area contributed by atoms with Crippen LogP contribution in [0.1, 0.15) is 27.5 Å². The van der Waals surface area contributed by atoms with E-state index in [0.29, 0.717) is 5.02 Å². The molecule has 5 rings (SSSR count). The highest BCUT2D eigenvalue weighted by Crippen LogP contribution is 2.51. The molecule has 2 amide bonds. The van der Waals surface area contributed by atoms with Gasteiger partial charge in [-0.3, -0.25) is 19.7 Å². The Morgan fingerprint density at radius 2 is 1.75 bits per heavy atom. The van der Waals surface area contributed by atoms with E-state index in [0.717, 1.165) is 11.1 Å². The van der Waals surface area contributed by atoms with Crippen molar-refractivity contribution in [3.63, 3.8) is 0 Å². The number of hydrogen-bond donors (Lipinski definition) is 1. The van der Waals surface area contributed by atoms with Gasteiger partial charge in [0, 0.05) is 16.8 Å². The molecule has 3 heterocycles. The molecule has 0 radical (unpaired) electrons. The van der Waals surface area contributed by atoms with Crippen LogP contribution in [0.5, 0.6) is 0 Å². The summed E-state index contributed by atoms with van der Waals surface area (Å²) in [5.74, 6) is -2.45. The van der Waals surface area contributed by atoms with Crippen molar-refractivity contribution < 1.29 is 14.4 Å². The Hall–Kier alpha value is -2.63. The number of carbonyl (C=O) groups excluding carboxylic acids is 3. The maximum Gasteiger partial charge on any atom is 0.233 e. The third-order valence-electron chi connectivity index (χ3n) is 5.77. The second-order valence-electron chi connectivity index (χ2n) is 7.18. The van der Waals surface area contributed by atoms with E-state index in [1.807, 2.05) is 35.2 Å². The quantitative estimate of drug-likeness (QED) is 0.605. The SMILES string of the molecule is O=C1NC(=O)[C@@H]2C3c4ccccc4C=CN3[C@H](C(=O)c3ccc(Cl)cc3Cl)[C@H]12. The summed E-state index contributed by atoms with van der Waals surface area (Å²) >= 11 is 12.2. The molecule has 1 unspecified atom stereocenters. The summed E-state index contributed by atoms with van der Waals surface area (Å²) in [6.07, 6.45) is 3.71. The van der Waals surface area contributed by atoms with E-state index in [2.05, 4.69) is 5.32 Å². The van der Waals surface area contributed by atoms with E-state index < -0.39 is 23.8 Å². The number of nitrogens with zero attached hydrogens (tertiary/aromatic N) is 1. The lowest BCUT2D eigenvalue weighted by Gasteiger charge is -2.34. The molecule has 0 spiro atoms. The van der Waals surface area contributed by atoms with Gasteiger partial charge in [0.05, 0.1) is 22.9 Å². The lowest BCUT2D eigenvalue weighted by atomic mass is 9.83. The second kappa shape index (κ2) is 6.19. The average Bonchev–Trinajstić information content (AvgIpc) is 3.16. The van der Waals surface area contributed by atoms with Crippen LogP contribution in [0.15, 0.2) is 48.7 Å². The molecule has 2 aromatic carbocycles. The third-order valence-corrected chi connectivity index (χ3v) is 6.32. The van der Waals surface area contributed by atoms with Crippen molar-refractivity contribution in [3.8, 4) is 0 Å². The van der Waals surface area contributed by atoms with E-state index in [-0.39, 0.29) is 28.3 Å². The number of ketones is 1. The highest BCUT2D eigenvalue weighted by atomic mass is 35.5. The van der Waals surface area contributed by atoms with Crippen LogP contribution >= 0.6 is 23.2 Å². The van der Waals surface area contributed by atoms with E-state index in [1.54, 1.807) is 18.3 Å². The van der Waals surface area contributed by atoms with Crippen LogP contribution in [-0.4, -0.2) is 28.5 Å². The summed E-state index contributed by atoms with van der Waals surface area (Å²) in [7, 11) is 0. The molecular weight excluding hydrogens is 399 g/mol. The van der Waals surface area contributed by atoms with Crippen LogP contribution in [0.25, 0.3) is 6.08 Å². The number of hydrogen-bond acceptors (Lipinski definition) is 4. The molecule has 2 saturated heterocycles. The Labute approximate surface area is 170 Å². The van der Waals surface area contributed by atoms with Crippen LogP contribution < -0.4 is 5.32 Å². The van der Waals surface area contributed by atoms with E-state index in [1.165, 1.54) is 6.07 Å². The monoisotopic (exact) mass is 412 g/mol. The van der Waals surface area contributed by atoms with Crippen molar-refractivity contribution in [1.29, 1.82) is 0 Å². The molecule has 3 aliphatic heterocycles. The molecule has 0 aliphatic carbocycles. The van der Waals surface area contributed by atoms with Gasteiger partial charge in [-0.25, -0.2) is 0 Å². The van der Waals surface area contributed by atoms with E-state index in [4.69, 9.17) is 23.2 Å². The van der Waals surface area contributed by atoms with Crippen molar-refractivity contribution in [1.82, 2.24) is 10.2 Å². The van der Waals surface area contributed by atoms with Gasteiger partial charge >= 0.3 is 0 Å². The Morgan fingerprint density at radius 3 is 2.54 bits per heavy atom. The summed E-state index contributed by atoms with van der Waals surface area (Å²) in [4.78, 5) is 40.5. The largest absolute Gasteiger partial charge is 0.358 e. The van der Waals surface area contributed by atoms with Gasteiger partial charge in [0.2, 0.25) is 11.8 Å². The molecule has 1 N–H and O–H groups in total. The average molecular weight is 413 g/mol. The summed E-state index contributed by atoms with van der Waals surface area (Å²) in [6, 6.07) is 11.2. The van der Waals surface area contributed by atoms with Crippen molar-refractivity contribution in [2.24, 2.45) is 11.8 Å². The smallest absolute Gasteiger partial charge is 0.233 e. The zero-order valence-corrected chi connectivity index (χ0v) is 15.9. The Bertz CT molecular complexity index is 1080. The van der Waals surface area contributed by atoms with Crippen LogP contribution in [0.4, 0.5) is 0 Å². The van der Waals surface area contributed by atoms with Crippen molar-refractivity contribution >= 4 is 46.9 Å². The predicted octanol–water partition coefficient (Wildman–Crippen LogP) is 3.47. The fourth-order valence-electron chi connectivity index (χ4n) is 4.62. The molecule has 0 saturated carbocycles. The molecule has 140 valence electrons. The molecule has 0 aromatic heterocycles. The maximum atomic E-state index is 13.4. The highest BCUT2D eigenvalue weighted by Gasteiger charge is 2.61. The van der Waals surface area contributed by atoms with Gasteiger partial charge < -0.3 is 4.90 Å². The van der Waals surface area contributed by atoms with Crippen LogP contribution in [0.3, 0.4) is 0 Å². The first-order valence-corrected chi connectivity index (χ1v) is 9.61. The number of fused-ring (bicyclic) bond motifs is 5. The lowest BCUT2D eigenvalue weighted by Crippen LogP contribution is -2.43. The second-order valence-corrected chi connectivity index (χ2v) is 8.02. The number of amides is 2. The number of carbonyl (C=O) groups is 3. The fourth-order valence-corrected chi connectivity index (χ4v) is 5.12. The molecule has 2 fully saturated rings. The normalized spacial score (nSPS) is 27.3. The summed E-state index contributed by atoms with van der Waals surface area (Å²) in [5, 5.41) is 3.05. The topological polar surface area (TPSA) is 66.5 Å². The van der Waals surface area contributed by atoms with E-state index >= 15 is 0 Å². The standard InChI is InChI=1S/C21H14Cl2N2O3/c22-11-5-6-13(14(23)9-11)19(26)18-16-15(20(27)24-21(16)28)17-12-4-2-1-3-10(12)7-8-25(17)18/h1-9,15-18H,(H,24,27,28)/t15-,16+,17?,18-/m0/s1. The lowest BCUT2D eigenvalue weighted by molar-refractivity contribution is -0.127. The Morgan fingerprint density at radius 1 is 1.00 bits per heavy atom. The zero-order valence-electron chi connectivity index (χ0n) is 14.4. The molecule has 3 aliphatic rings. The summed E-state index contributed by atoms with van der Waals surface area (Å²) in [6.45, 7) is 0. The minimum Gasteiger partial charge on any atom is -0.358 e. The number of imide groups is 1. The zero-order chi connectivity index (χ0) is 19.6. The summed E-state index contributed by atoms with van der Waals surface area (Å²) in [5.41, 5.74) is 2.20. The van der Waals surface area contributed by atoms with Crippen LogP contribution in [0, 0.1) is 11.8 Å². The molecular formula is C21H14Cl2N2O3. The van der Waals surface area contributed by atoms with Gasteiger partial charge in [0.25, 0.3) is 0 Å².